The maximum absolute atomic E-state index is 12.9. The number of alkyl halides is 3. The van der Waals surface area contributed by atoms with E-state index in [4.69, 9.17) is 0 Å². The van der Waals surface area contributed by atoms with Gasteiger partial charge in [0.2, 0.25) is 0 Å². The molecule has 0 saturated heterocycles. The first-order valence-electron chi connectivity index (χ1n) is 5.25. The molecule has 1 fully saturated rings. The van der Waals surface area contributed by atoms with Gasteiger partial charge >= 0.3 is 6.18 Å². The number of halogens is 3. The molecule has 1 N–H and O–H groups in total. The zero-order chi connectivity index (χ0) is 13.3. The van der Waals surface area contributed by atoms with Gasteiger partial charge in [0.25, 0.3) is 5.91 Å². The Morgan fingerprint density at radius 3 is 2.78 bits per heavy atom. The SMILES string of the molecule is C=C=Cn1ncc(C(=O)NC2CC2)c1C(F)(F)F. The van der Waals surface area contributed by atoms with E-state index in [2.05, 4.69) is 22.7 Å². The second-order valence-corrected chi connectivity index (χ2v) is 3.93. The Kier molecular flexibility index (Phi) is 3.00. The summed E-state index contributed by atoms with van der Waals surface area (Å²) in [7, 11) is 0. The molecule has 7 heteroatoms. The number of hydrogen-bond acceptors (Lipinski definition) is 2. The highest BCUT2D eigenvalue weighted by Gasteiger charge is 2.40. The number of aromatic nitrogens is 2. The van der Waals surface area contributed by atoms with Crippen molar-refractivity contribution in [1.82, 2.24) is 15.1 Å². The number of carbonyl (C=O) groups is 1. The van der Waals surface area contributed by atoms with E-state index < -0.39 is 23.3 Å². The van der Waals surface area contributed by atoms with Crippen molar-refractivity contribution in [1.29, 1.82) is 0 Å². The van der Waals surface area contributed by atoms with Gasteiger partial charge < -0.3 is 5.32 Å². The van der Waals surface area contributed by atoms with Crippen LogP contribution in [0.3, 0.4) is 0 Å². The Labute approximate surface area is 101 Å². The number of nitrogens with zero attached hydrogens (tertiary/aromatic N) is 2. The van der Waals surface area contributed by atoms with Gasteiger partial charge in [-0.1, -0.05) is 6.58 Å². The molecule has 18 heavy (non-hydrogen) atoms. The van der Waals surface area contributed by atoms with E-state index in [9.17, 15) is 18.0 Å². The average Bonchev–Trinajstić information content (AvgIpc) is 2.94. The van der Waals surface area contributed by atoms with E-state index in [1.54, 1.807) is 0 Å². The van der Waals surface area contributed by atoms with E-state index in [-0.39, 0.29) is 6.04 Å². The molecule has 0 atom stereocenters. The van der Waals surface area contributed by atoms with Crippen LogP contribution in [-0.4, -0.2) is 21.7 Å². The van der Waals surface area contributed by atoms with Gasteiger partial charge in [-0.15, -0.1) is 5.73 Å². The Hall–Kier alpha value is -2.01. The number of hydrogen-bond donors (Lipinski definition) is 1. The van der Waals surface area contributed by atoms with Crippen molar-refractivity contribution >= 4 is 12.1 Å². The van der Waals surface area contributed by atoms with Crippen LogP contribution in [-0.2, 0) is 6.18 Å². The average molecular weight is 257 g/mol. The van der Waals surface area contributed by atoms with Gasteiger partial charge in [0.1, 0.15) is 0 Å². The first-order valence-corrected chi connectivity index (χ1v) is 5.25. The summed E-state index contributed by atoms with van der Waals surface area (Å²) in [5.74, 6) is -0.756. The summed E-state index contributed by atoms with van der Waals surface area (Å²) in [5, 5.41) is 5.99. The third-order valence-corrected chi connectivity index (χ3v) is 2.43. The van der Waals surface area contributed by atoms with E-state index in [0.717, 1.165) is 25.2 Å². The van der Waals surface area contributed by atoms with Crippen LogP contribution in [0.15, 0.2) is 18.5 Å². The fourth-order valence-corrected chi connectivity index (χ4v) is 1.49. The minimum Gasteiger partial charge on any atom is -0.349 e. The number of carbonyl (C=O) groups excluding carboxylic acids is 1. The molecule has 4 nitrogen and oxygen atoms in total. The molecule has 0 aromatic carbocycles. The van der Waals surface area contributed by atoms with Gasteiger partial charge in [0, 0.05) is 6.04 Å². The Bertz CT molecular complexity index is 522. The van der Waals surface area contributed by atoms with E-state index in [1.807, 2.05) is 0 Å². The second kappa shape index (κ2) is 4.34. The van der Waals surface area contributed by atoms with Crippen molar-refractivity contribution in [3.05, 3.63) is 29.8 Å². The highest BCUT2D eigenvalue weighted by molar-refractivity contribution is 5.95. The zero-order valence-corrected chi connectivity index (χ0v) is 9.29. The molecule has 0 unspecified atom stereocenters. The molecule has 1 aromatic rings. The molecule has 1 aliphatic carbocycles. The van der Waals surface area contributed by atoms with Crippen LogP contribution in [0.5, 0.6) is 0 Å². The molecule has 0 bridgehead atoms. The Morgan fingerprint density at radius 2 is 2.28 bits per heavy atom. The lowest BCUT2D eigenvalue weighted by atomic mass is 10.2. The lowest BCUT2D eigenvalue weighted by Crippen LogP contribution is -2.28. The van der Waals surface area contributed by atoms with Crippen molar-refractivity contribution in [3.8, 4) is 0 Å². The van der Waals surface area contributed by atoms with Gasteiger partial charge in [-0.05, 0) is 12.8 Å². The van der Waals surface area contributed by atoms with Gasteiger partial charge in [-0.2, -0.15) is 18.3 Å². The first kappa shape index (κ1) is 12.4. The Morgan fingerprint density at radius 1 is 1.61 bits per heavy atom. The summed E-state index contributed by atoms with van der Waals surface area (Å²) in [6, 6.07) is -0.0168. The summed E-state index contributed by atoms with van der Waals surface area (Å²) in [5.41, 5.74) is 0.596. The largest absolute Gasteiger partial charge is 0.434 e. The lowest BCUT2D eigenvalue weighted by molar-refractivity contribution is -0.142. The van der Waals surface area contributed by atoms with Crippen LogP contribution < -0.4 is 5.32 Å². The zero-order valence-electron chi connectivity index (χ0n) is 9.29. The predicted molar refractivity (Wildman–Crippen MR) is 57.6 cm³/mol. The molecular formula is C11H10F3N3O. The summed E-state index contributed by atoms with van der Waals surface area (Å²) in [6.45, 7) is 3.18. The second-order valence-electron chi connectivity index (χ2n) is 3.93. The van der Waals surface area contributed by atoms with Crippen LogP contribution >= 0.6 is 0 Å². The minimum atomic E-state index is -4.67. The van der Waals surface area contributed by atoms with Crippen LogP contribution in [0.4, 0.5) is 13.2 Å². The van der Waals surface area contributed by atoms with Gasteiger partial charge in [-0.25, -0.2) is 4.68 Å². The smallest absolute Gasteiger partial charge is 0.349 e. The fraction of sp³-hybridized carbons (Fsp3) is 0.364. The molecular weight excluding hydrogens is 247 g/mol. The van der Waals surface area contributed by atoms with Crippen LogP contribution in [0.2, 0.25) is 0 Å². The molecule has 2 rings (SSSR count). The van der Waals surface area contributed by atoms with Crippen LogP contribution in [0.1, 0.15) is 28.9 Å². The number of rotatable bonds is 3. The molecule has 1 saturated carbocycles. The highest BCUT2D eigenvalue weighted by Crippen LogP contribution is 2.32. The Balaban J connectivity index is 2.39. The van der Waals surface area contributed by atoms with Crippen molar-refractivity contribution in [3.63, 3.8) is 0 Å². The van der Waals surface area contributed by atoms with E-state index in [0.29, 0.717) is 4.68 Å². The standard InChI is InChI=1S/C11H10F3N3O/c1-2-5-17-9(11(12,13)14)8(6-15-17)10(18)16-7-3-4-7/h5-7H,1,3-4H2,(H,16,18). The topological polar surface area (TPSA) is 46.9 Å². The van der Waals surface area contributed by atoms with E-state index in [1.165, 1.54) is 0 Å². The number of amides is 1. The molecule has 1 amide bonds. The first-order chi connectivity index (χ1) is 8.43. The van der Waals surface area contributed by atoms with Crippen LogP contribution in [0.25, 0.3) is 6.20 Å². The summed E-state index contributed by atoms with van der Waals surface area (Å²) >= 11 is 0. The van der Waals surface area contributed by atoms with Crippen molar-refractivity contribution < 1.29 is 18.0 Å². The molecule has 1 aromatic heterocycles. The number of nitrogens with one attached hydrogen (secondary N) is 1. The molecule has 1 aliphatic rings. The van der Waals surface area contributed by atoms with Crippen molar-refractivity contribution in [2.75, 3.05) is 0 Å². The summed E-state index contributed by atoms with van der Waals surface area (Å²) in [4.78, 5) is 11.7. The summed E-state index contributed by atoms with van der Waals surface area (Å²) < 4.78 is 39.2. The maximum atomic E-state index is 12.9. The molecule has 0 aliphatic heterocycles. The normalized spacial score (nSPS) is 15.1. The minimum absolute atomic E-state index is 0.0168. The quantitative estimate of drug-likeness (QED) is 0.842. The third kappa shape index (κ3) is 2.46. The van der Waals surface area contributed by atoms with Crippen molar-refractivity contribution in [2.24, 2.45) is 0 Å². The maximum Gasteiger partial charge on any atom is 0.434 e. The van der Waals surface area contributed by atoms with Gasteiger partial charge in [-0.3, -0.25) is 4.79 Å². The fourth-order valence-electron chi connectivity index (χ4n) is 1.49. The predicted octanol–water partition coefficient (Wildman–Crippen LogP) is 2.05. The molecule has 96 valence electrons. The van der Waals surface area contributed by atoms with E-state index >= 15 is 0 Å². The third-order valence-electron chi connectivity index (χ3n) is 2.43. The summed E-state index contributed by atoms with van der Waals surface area (Å²) in [6.07, 6.45) is -1.24. The molecule has 0 spiro atoms. The highest BCUT2D eigenvalue weighted by atomic mass is 19.4. The van der Waals surface area contributed by atoms with Gasteiger partial charge in [0.05, 0.1) is 18.0 Å². The van der Waals surface area contributed by atoms with Gasteiger partial charge in [0.15, 0.2) is 5.69 Å². The monoisotopic (exact) mass is 257 g/mol. The molecule has 0 radical (unpaired) electrons. The lowest BCUT2D eigenvalue weighted by Gasteiger charge is -2.09. The van der Waals surface area contributed by atoms with Crippen LogP contribution in [0, 0.1) is 0 Å². The molecule has 1 heterocycles. The van der Waals surface area contributed by atoms with Crippen molar-refractivity contribution in [2.45, 2.75) is 25.1 Å².